The highest BCUT2D eigenvalue weighted by molar-refractivity contribution is 6.10. The Bertz CT molecular complexity index is 1190. The predicted octanol–water partition coefficient (Wildman–Crippen LogP) is 5.58. The average Bonchev–Trinajstić information content (AvgIpc) is 2.80. The molecule has 0 aliphatic rings. The molecule has 0 aliphatic heterocycles. The van der Waals surface area contributed by atoms with Gasteiger partial charge in [-0.05, 0) is 66.9 Å². The van der Waals surface area contributed by atoms with E-state index in [4.69, 9.17) is 9.47 Å². The van der Waals surface area contributed by atoms with E-state index >= 15 is 0 Å². The Hall–Kier alpha value is -4.11. The lowest BCUT2D eigenvalue weighted by molar-refractivity contribution is -0.112. The van der Waals surface area contributed by atoms with Gasteiger partial charge in [0.15, 0.2) is 0 Å². The topological polar surface area (TPSA) is 71.3 Å². The van der Waals surface area contributed by atoms with Crippen molar-refractivity contribution in [2.45, 2.75) is 20.5 Å². The minimum Gasteiger partial charge on any atom is -0.497 e. The van der Waals surface area contributed by atoms with Crippen molar-refractivity contribution in [2.75, 3.05) is 12.4 Å². The van der Waals surface area contributed by atoms with Gasteiger partial charge < -0.3 is 14.8 Å². The number of nitrogens with zero attached hydrogens (tertiary/aromatic N) is 1. The van der Waals surface area contributed by atoms with Crippen LogP contribution in [0.1, 0.15) is 22.3 Å². The Kier molecular flexibility index (Phi) is 7.25. The quantitative estimate of drug-likeness (QED) is 0.393. The number of rotatable bonds is 7. The molecule has 0 saturated carbocycles. The molecule has 6 heteroatoms. The van der Waals surface area contributed by atoms with Crippen LogP contribution in [0.15, 0.2) is 66.2 Å². The van der Waals surface area contributed by atoms with Gasteiger partial charge in [-0.15, -0.1) is 0 Å². The van der Waals surface area contributed by atoms with E-state index in [1.165, 1.54) is 25.3 Å². The predicted molar refractivity (Wildman–Crippen MR) is 122 cm³/mol. The molecule has 0 spiro atoms. The summed E-state index contributed by atoms with van der Waals surface area (Å²) in [6.07, 6.45) is 1.47. The highest BCUT2D eigenvalue weighted by Gasteiger charge is 2.14. The maximum atomic E-state index is 13.1. The Morgan fingerprint density at radius 1 is 1.12 bits per heavy atom. The summed E-state index contributed by atoms with van der Waals surface area (Å²) in [5.41, 5.74) is 3.88. The molecule has 3 rings (SSSR count). The van der Waals surface area contributed by atoms with Crippen LogP contribution >= 0.6 is 0 Å². The van der Waals surface area contributed by atoms with E-state index in [0.717, 1.165) is 16.7 Å². The van der Waals surface area contributed by atoms with Gasteiger partial charge in [0.25, 0.3) is 5.91 Å². The minimum absolute atomic E-state index is 0.0669. The lowest BCUT2D eigenvalue weighted by atomic mass is 10.1. The van der Waals surface area contributed by atoms with Crippen LogP contribution in [-0.2, 0) is 11.4 Å². The second-order valence-corrected chi connectivity index (χ2v) is 7.19. The second-order valence-electron chi connectivity index (χ2n) is 7.19. The van der Waals surface area contributed by atoms with Crippen molar-refractivity contribution in [1.82, 2.24) is 0 Å². The van der Waals surface area contributed by atoms with E-state index in [9.17, 15) is 14.4 Å². The third kappa shape index (κ3) is 5.52. The number of benzene rings is 3. The molecule has 0 heterocycles. The SMILES string of the molecule is COc1ccc(/C=C(\C#N)C(=O)Nc2cccc(C)c2C)c(OCc2ccc(F)cc2)c1. The Morgan fingerprint density at radius 3 is 2.56 bits per heavy atom. The summed E-state index contributed by atoms with van der Waals surface area (Å²) in [6, 6.07) is 18.6. The van der Waals surface area contributed by atoms with Gasteiger partial charge in [0.05, 0.1) is 7.11 Å². The summed E-state index contributed by atoms with van der Waals surface area (Å²) in [6.45, 7) is 4.05. The van der Waals surface area contributed by atoms with Crippen LogP contribution in [0.2, 0.25) is 0 Å². The molecule has 1 amide bonds. The van der Waals surface area contributed by atoms with Gasteiger partial charge in [-0.25, -0.2) is 4.39 Å². The monoisotopic (exact) mass is 430 g/mol. The molecular formula is C26H23FN2O3. The molecule has 0 atom stereocenters. The van der Waals surface area contributed by atoms with E-state index in [1.807, 2.05) is 32.0 Å². The molecule has 0 bridgehead atoms. The number of hydrogen-bond acceptors (Lipinski definition) is 4. The van der Waals surface area contributed by atoms with Gasteiger partial charge in [0.2, 0.25) is 0 Å². The van der Waals surface area contributed by atoms with E-state index in [0.29, 0.717) is 22.7 Å². The van der Waals surface area contributed by atoms with Crippen LogP contribution in [0.4, 0.5) is 10.1 Å². The number of hydrogen-bond donors (Lipinski definition) is 1. The summed E-state index contributed by atoms with van der Waals surface area (Å²) >= 11 is 0. The number of nitriles is 1. The van der Waals surface area contributed by atoms with Gasteiger partial charge in [-0.3, -0.25) is 4.79 Å². The van der Waals surface area contributed by atoms with E-state index < -0.39 is 5.91 Å². The lowest BCUT2D eigenvalue weighted by Gasteiger charge is -2.12. The molecule has 1 N–H and O–H groups in total. The van der Waals surface area contributed by atoms with Crippen LogP contribution in [0.25, 0.3) is 6.08 Å². The molecule has 0 saturated heterocycles. The summed E-state index contributed by atoms with van der Waals surface area (Å²) in [5.74, 6) is 0.157. The zero-order valence-electron chi connectivity index (χ0n) is 18.1. The fourth-order valence-electron chi connectivity index (χ4n) is 3.01. The van der Waals surface area contributed by atoms with E-state index in [1.54, 1.807) is 36.4 Å². The number of halogens is 1. The maximum Gasteiger partial charge on any atom is 0.266 e. The third-order valence-corrected chi connectivity index (χ3v) is 5.05. The van der Waals surface area contributed by atoms with Gasteiger partial charge in [-0.2, -0.15) is 5.26 Å². The van der Waals surface area contributed by atoms with Crippen molar-refractivity contribution in [3.05, 3.63) is 94.3 Å². The molecule has 32 heavy (non-hydrogen) atoms. The first-order valence-electron chi connectivity index (χ1n) is 9.96. The average molecular weight is 430 g/mol. The summed E-state index contributed by atoms with van der Waals surface area (Å²) in [5, 5.41) is 12.4. The van der Waals surface area contributed by atoms with Crippen molar-refractivity contribution >= 4 is 17.7 Å². The normalized spacial score (nSPS) is 10.9. The van der Waals surface area contributed by atoms with Crippen LogP contribution in [-0.4, -0.2) is 13.0 Å². The first kappa shape index (κ1) is 22.6. The molecule has 0 unspecified atom stereocenters. The number of anilines is 1. The lowest BCUT2D eigenvalue weighted by Crippen LogP contribution is -2.14. The molecular weight excluding hydrogens is 407 g/mol. The van der Waals surface area contributed by atoms with Crippen LogP contribution < -0.4 is 14.8 Å². The fraction of sp³-hybridized carbons (Fsp3) is 0.154. The Balaban J connectivity index is 1.87. The Morgan fingerprint density at radius 2 is 1.88 bits per heavy atom. The molecule has 0 radical (unpaired) electrons. The highest BCUT2D eigenvalue weighted by atomic mass is 19.1. The number of carbonyl (C=O) groups is 1. The second kappa shape index (κ2) is 10.3. The molecule has 0 aromatic heterocycles. The number of ether oxygens (including phenoxy) is 2. The number of carbonyl (C=O) groups excluding carboxylic acids is 1. The van der Waals surface area contributed by atoms with E-state index in [-0.39, 0.29) is 18.0 Å². The van der Waals surface area contributed by atoms with Crippen LogP contribution in [0.3, 0.4) is 0 Å². The van der Waals surface area contributed by atoms with Crippen LogP contribution in [0, 0.1) is 31.0 Å². The minimum atomic E-state index is -0.512. The molecule has 0 fully saturated rings. The molecule has 3 aromatic rings. The third-order valence-electron chi connectivity index (χ3n) is 5.05. The van der Waals surface area contributed by atoms with Gasteiger partial charge in [0, 0.05) is 17.3 Å². The number of methoxy groups -OCH3 is 1. The molecule has 162 valence electrons. The van der Waals surface area contributed by atoms with Crippen LogP contribution in [0.5, 0.6) is 11.5 Å². The highest BCUT2D eigenvalue weighted by Crippen LogP contribution is 2.28. The number of aryl methyl sites for hydroxylation is 1. The standard InChI is InChI=1S/C26H23FN2O3/c1-17-5-4-6-24(18(17)2)29-26(30)21(15-28)13-20-9-12-23(31-3)14-25(20)32-16-19-7-10-22(27)11-8-19/h4-14H,16H2,1-3H3,(H,29,30)/b21-13+. The number of nitrogens with one attached hydrogen (secondary N) is 1. The van der Waals surface area contributed by atoms with Gasteiger partial charge in [-0.1, -0.05) is 24.3 Å². The van der Waals surface area contributed by atoms with Gasteiger partial charge in [0.1, 0.15) is 35.6 Å². The summed E-state index contributed by atoms with van der Waals surface area (Å²) in [7, 11) is 1.53. The fourth-order valence-corrected chi connectivity index (χ4v) is 3.01. The van der Waals surface area contributed by atoms with Crippen molar-refractivity contribution in [3.8, 4) is 17.6 Å². The molecule has 3 aromatic carbocycles. The van der Waals surface area contributed by atoms with Crippen molar-refractivity contribution in [1.29, 1.82) is 5.26 Å². The zero-order valence-corrected chi connectivity index (χ0v) is 18.1. The first-order valence-corrected chi connectivity index (χ1v) is 9.96. The van der Waals surface area contributed by atoms with Crippen molar-refractivity contribution in [3.63, 3.8) is 0 Å². The molecule has 0 aliphatic carbocycles. The van der Waals surface area contributed by atoms with Gasteiger partial charge >= 0.3 is 0 Å². The first-order chi connectivity index (χ1) is 15.4. The summed E-state index contributed by atoms with van der Waals surface area (Å²) < 4.78 is 24.3. The Labute approximate surface area is 186 Å². The zero-order chi connectivity index (χ0) is 23.1. The molecule has 5 nitrogen and oxygen atoms in total. The number of amides is 1. The van der Waals surface area contributed by atoms with E-state index in [2.05, 4.69) is 5.32 Å². The maximum absolute atomic E-state index is 13.1. The van der Waals surface area contributed by atoms with Crippen molar-refractivity contribution in [2.24, 2.45) is 0 Å². The largest absolute Gasteiger partial charge is 0.497 e. The van der Waals surface area contributed by atoms with Crippen molar-refractivity contribution < 1.29 is 18.7 Å². The summed E-state index contributed by atoms with van der Waals surface area (Å²) in [4.78, 5) is 12.8. The smallest absolute Gasteiger partial charge is 0.266 e.